The average Bonchev–Trinajstić information content (AvgIpc) is 2.74. The van der Waals surface area contributed by atoms with E-state index in [-0.39, 0.29) is 17.3 Å². The van der Waals surface area contributed by atoms with Crippen LogP contribution < -0.4 is 10.1 Å². The first-order valence-electron chi connectivity index (χ1n) is 11.6. The van der Waals surface area contributed by atoms with Gasteiger partial charge >= 0.3 is 5.97 Å². The van der Waals surface area contributed by atoms with Gasteiger partial charge in [-0.05, 0) is 80.9 Å². The van der Waals surface area contributed by atoms with E-state index in [4.69, 9.17) is 4.74 Å². The molecule has 0 aliphatic heterocycles. The molecule has 4 nitrogen and oxygen atoms in total. The van der Waals surface area contributed by atoms with Gasteiger partial charge in [-0.1, -0.05) is 62.3 Å². The molecule has 4 heteroatoms. The van der Waals surface area contributed by atoms with Gasteiger partial charge in [0, 0.05) is 18.2 Å². The first-order chi connectivity index (χ1) is 15.6. The molecule has 1 aliphatic carbocycles. The zero-order valence-electron chi connectivity index (χ0n) is 20.8. The van der Waals surface area contributed by atoms with Crippen molar-refractivity contribution in [2.45, 2.75) is 67.2 Å². The van der Waals surface area contributed by atoms with Crippen LogP contribution >= 0.6 is 0 Å². The zero-order valence-corrected chi connectivity index (χ0v) is 20.8. The van der Waals surface area contributed by atoms with Gasteiger partial charge in [0.1, 0.15) is 5.75 Å². The van der Waals surface area contributed by atoms with E-state index in [2.05, 4.69) is 45.2 Å². The summed E-state index contributed by atoms with van der Waals surface area (Å²) in [6.45, 7) is 12.6. The molecule has 0 fully saturated rings. The molecular formula is C29H37NO3. The number of hydrogen-bond donors (Lipinski definition) is 1. The SMILES string of the molecule is CCC(=O)Oc1ccc(NC(=O)/C=C(C)/C=C/C=C(C)\C=C\C2=C(C)CCCC2(C)C)cc1. The highest BCUT2D eigenvalue weighted by molar-refractivity contribution is 6.00. The van der Waals surface area contributed by atoms with Crippen molar-refractivity contribution in [3.8, 4) is 5.75 Å². The lowest BCUT2D eigenvalue weighted by molar-refractivity contribution is -0.134. The van der Waals surface area contributed by atoms with Crippen molar-refractivity contribution in [1.82, 2.24) is 0 Å². The van der Waals surface area contributed by atoms with Crippen LogP contribution in [0.3, 0.4) is 0 Å². The summed E-state index contributed by atoms with van der Waals surface area (Å²) in [5.74, 6) is -0.0378. The Bertz CT molecular complexity index is 1000. The second-order valence-corrected chi connectivity index (χ2v) is 9.26. The van der Waals surface area contributed by atoms with Crippen LogP contribution in [0.2, 0.25) is 0 Å². The van der Waals surface area contributed by atoms with Crippen molar-refractivity contribution in [3.05, 3.63) is 83.0 Å². The summed E-state index contributed by atoms with van der Waals surface area (Å²) in [5.41, 5.74) is 5.83. The van der Waals surface area contributed by atoms with Crippen molar-refractivity contribution < 1.29 is 14.3 Å². The highest BCUT2D eigenvalue weighted by atomic mass is 16.5. The first kappa shape index (κ1) is 26.1. The Labute approximate surface area is 198 Å². The molecule has 0 saturated heterocycles. The molecule has 1 amide bonds. The third-order valence-electron chi connectivity index (χ3n) is 5.77. The number of allylic oxidation sites excluding steroid dienone is 9. The van der Waals surface area contributed by atoms with Gasteiger partial charge in [0.2, 0.25) is 5.91 Å². The minimum absolute atomic E-state index is 0.210. The van der Waals surface area contributed by atoms with E-state index in [0.717, 1.165) is 11.1 Å². The Morgan fingerprint density at radius 1 is 1.09 bits per heavy atom. The van der Waals surface area contributed by atoms with Crippen LogP contribution in [-0.2, 0) is 9.59 Å². The number of amides is 1. The number of ether oxygens (including phenoxy) is 1. The summed E-state index contributed by atoms with van der Waals surface area (Å²) in [6, 6.07) is 6.73. The molecule has 2 rings (SSSR count). The van der Waals surface area contributed by atoms with Gasteiger partial charge in [0.05, 0.1) is 0 Å². The summed E-state index contributed by atoms with van der Waals surface area (Å²) >= 11 is 0. The van der Waals surface area contributed by atoms with Crippen molar-refractivity contribution in [3.63, 3.8) is 0 Å². The third kappa shape index (κ3) is 8.72. The van der Waals surface area contributed by atoms with E-state index in [1.54, 1.807) is 37.3 Å². The van der Waals surface area contributed by atoms with Crippen molar-refractivity contribution in [1.29, 1.82) is 0 Å². The monoisotopic (exact) mass is 447 g/mol. The van der Waals surface area contributed by atoms with E-state index in [1.807, 2.05) is 25.2 Å². The molecule has 33 heavy (non-hydrogen) atoms. The second-order valence-electron chi connectivity index (χ2n) is 9.26. The molecule has 1 aromatic carbocycles. The van der Waals surface area contributed by atoms with Crippen LogP contribution in [0, 0.1) is 5.41 Å². The van der Waals surface area contributed by atoms with Crippen molar-refractivity contribution >= 4 is 17.6 Å². The highest BCUT2D eigenvalue weighted by Gasteiger charge is 2.26. The fourth-order valence-corrected chi connectivity index (χ4v) is 3.88. The predicted molar refractivity (Wildman–Crippen MR) is 137 cm³/mol. The maximum atomic E-state index is 12.3. The van der Waals surface area contributed by atoms with E-state index in [9.17, 15) is 9.59 Å². The number of esters is 1. The molecule has 1 N–H and O–H groups in total. The van der Waals surface area contributed by atoms with Gasteiger partial charge in [0.25, 0.3) is 0 Å². The molecule has 176 valence electrons. The Kier molecular flexibility index (Phi) is 9.65. The lowest BCUT2D eigenvalue weighted by atomic mass is 9.72. The van der Waals surface area contributed by atoms with Crippen LogP contribution in [0.1, 0.15) is 67.2 Å². The molecule has 0 bridgehead atoms. The van der Waals surface area contributed by atoms with E-state index in [0.29, 0.717) is 17.9 Å². The fraction of sp³-hybridized carbons (Fsp3) is 0.379. The summed E-state index contributed by atoms with van der Waals surface area (Å²) in [4.78, 5) is 23.6. The van der Waals surface area contributed by atoms with Gasteiger partial charge in [-0.15, -0.1) is 0 Å². The number of benzene rings is 1. The minimum atomic E-state index is -0.290. The predicted octanol–water partition coefficient (Wildman–Crippen LogP) is 7.47. The van der Waals surface area contributed by atoms with Gasteiger partial charge in [-0.25, -0.2) is 0 Å². The number of carbonyl (C=O) groups excluding carboxylic acids is 2. The molecule has 0 heterocycles. The Morgan fingerprint density at radius 3 is 2.42 bits per heavy atom. The summed E-state index contributed by atoms with van der Waals surface area (Å²) in [6.07, 6.45) is 15.9. The van der Waals surface area contributed by atoms with Crippen molar-refractivity contribution in [2.75, 3.05) is 5.32 Å². The average molecular weight is 448 g/mol. The summed E-state index contributed by atoms with van der Waals surface area (Å²) < 4.78 is 5.13. The molecule has 0 saturated carbocycles. The van der Waals surface area contributed by atoms with E-state index in [1.165, 1.54) is 30.4 Å². The molecule has 0 spiro atoms. The maximum absolute atomic E-state index is 12.3. The number of anilines is 1. The van der Waals surface area contributed by atoms with Gasteiger partial charge in [-0.2, -0.15) is 0 Å². The topological polar surface area (TPSA) is 55.4 Å². The number of nitrogens with one attached hydrogen (secondary N) is 1. The van der Waals surface area contributed by atoms with Crippen LogP contribution in [-0.4, -0.2) is 11.9 Å². The standard InChI is InChI=1S/C29H37NO3/c1-7-28(32)33-25-16-14-24(15-17-25)30-27(31)20-22(3)11-8-10-21(2)13-18-26-23(4)12-9-19-29(26,5)6/h8,10-11,13-18,20H,7,9,12,19H2,1-6H3,(H,30,31)/b11-8+,18-13+,21-10-,22-20+. The lowest BCUT2D eigenvalue weighted by Gasteiger charge is -2.32. The zero-order chi connectivity index (χ0) is 24.4. The molecule has 0 aromatic heterocycles. The van der Waals surface area contributed by atoms with E-state index >= 15 is 0 Å². The molecule has 1 aliphatic rings. The van der Waals surface area contributed by atoms with Gasteiger partial charge in [-0.3, -0.25) is 9.59 Å². The number of hydrogen-bond acceptors (Lipinski definition) is 3. The molecule has 1 aromatic rings. The van der Waals surface area contributed by atoms with Crippen LogP contribution in [0.15, 0.2) is 83.0 Å². The number of carbonyl (C=O) groups is 2. The quantitative estimate of drug-likeness (QED) is 0.195. The largest absolute Gasteiger partial charge is 0.427 e. The summed E-state index contributed by atoms with van der Waals surface area (Å²) in [5, 5.41) is 2.81. The minimum Gasteiger partial charge on any atom is -0.427 e. The Hall–Kier alpha value is -3.14. The van der Waals surface area contributed by atoms with Crippen LogP contribution in [0.25, 0.3) is 0 Å². The first-order valence-corrected chi connectivity index (χ1v) is 11.6. The van der Waals surface area contributed by atoms with E-state index < -0.39 is 0 Å². The lowest BCUT2D eigenvalue weighted by Crippen LogP contribution is -2.19. The van der Waals surface area contributed by atoms with Crippen molar-refractivity contribution in [2.24, 2.45) is 5.41 Å². The van der Waals surface area contributed by atoms with Crippen LogP contribution in [0.5, 0.6) is 5.75 Å². The molecule has 0 atom stereocenters. The third-order valence-corrected chi connectivity index (χ3v) is 5.77. The van der Waals surface area contributed by atoms with Crippen LogP contribution in [0.4, 0.5) is 5.69 Å². The van der Waals surface area contributed by atoms with Gasteiger partial charge in [0.15, 0.2) is 0 Å². The Balaban J connectivity index is 1.92. The van der Waals surface area contributed by atoms with Gasteiger partial charge < -0.3 is 10.1 Å². The highest BCUT2D eigenvalue weighted by Crippen LogP contribution is 2.40. The normalized spacial score (nSPS) is 17.0. The molecule has 0 radical (unpaired) electrons. The Morgan fingerprint density at radius 2 is 1.79 bits per heavy atom. The fourth-order valence-electron chi connectivity index (χ4n) is 3.88. The summed E-state index contributed by atoms with van der Waals surface area (Å²) in [7, 11) is 0. The second kappa shape index (κ2) is 12.2. The molecule has 0 unspecified atom stereocenters. The molecular weight excluding hydrogens is 410 g/mol. The maximum Gasteiger partial charge on any atom is 0.310 e. The smallest absolute Gasteiger partial charge is 0.310 e. The number of rotatable bonds is 8.